The molecule has 2 rings (SSSR count). The zero-order valence-electron chi connectivity index (χ0n) is 12.1. The van der Waals surface area contributed by atoms with E-state index in [1.165, 1.54) is 12.0 Å². The van der Waals surface area contributed by atoms with E-state index >= 15 is 0 Å². The number of nitrogens with one attached hydrogen (secondary N) is 1. The molecular formula is C16H26N2O. The molecule has 0 aliphatic carbocycles. The van der Waals surface area contributed by atoms with Crippen LogP contribution in [0, 0.1) is 0 Å². The number of likely N-dealkylation sites (N-methyl/N-ethyl adjacent to an activating group) is 1. The van der Waals surface area contributed by atoms with E-state index in [0.717, 1.165) is 32.8 Å². The Labute approximate surface area is 116 Å². The van der Waals surface area contributed by atoms with E-state index in [4.69, 9.17) is 4.74 Å². The van der Waals surface area contributed by atoms with Crippen LogP contribution in [0.15, 0.2) is 30.3 Å². The van der Waals surface area contributed by atoms with Gasteiger partial charge in [-0.1, -0.05) is 37.3 Å². The van der Waals surface area contributed by atoms with Crippen LogP contribution in [0.3, 0.4) is 0 Å². The SMILES string of the molecule is CC(CCN(C)CC1CNCCO1)c1ccccc1. The lowest BCUT2D eigenvalue weighted by Crippen LogP contribution is -2.44. The second-order valence-electron chi connectivity index (χ2n) is 5.56. The smallest absolute Gasteiger partial charge is 0.0826 e. The standard InChI is InChI=1S/C16H26N2O/c1-14(15-6-4-3-5-7-15)8-10-18(2)13-16-12-17-9-11-19-16/h3-7,14,16-17H,8-13H2,1-2H3. The van der Waals surface area contributed by atoms with E-state index in [0.29, 0.717) is 12.0 Å². The highest BCUT2D eigenvalue weighted by atomic mass is 16.5. The van der Waals surface area contributed by atoms with Crippen LogP contribution >= 0.6 is 0 Å². The fourth-order valence-electron chi connectivity index (χ4n) is 2.54. The molecule has 1 aromatic carbocycles. The van der Waals surface area contributed by atoms with Crippen molar-refractivity contribution in [2.24, 2.45) is 0 Å². The van der Waals surface area contributed by atoms with Gasteiger partial charge in [0.1, 0.15) is 0 Å². The third-order valence-corrected chi connectivity index (χ3v) is 3.83. The van der Waals surface area contributed by atoms with Gasteiger partial charge < -0.3 is 15.0 Å². The Morgan fingerprint density at radius 3 is 2.84 bits per heavy atom. The molecule has 0 amide bonds. The molecule has 1 saturated heterocycles. The molecule has 3 heteroatoms. The van der Waals surface area contributed by atoms with Crippen molar-refractivity contribution >= 4 is 0 Å². The van der Waals surface area contributed by atoms with Crippen molar-refractivity contribution in [3.8, 4) is 0 Å². The normalized spacial score (nSPS) is 21.5. The number of nitrogens with zero attached hydrogens (tertiary/aromatic N) is 1. The van der Waals surface area contributed by atoms with Gasteiger partial charge in [0.15, 0.2) is 0 Å². The lowest BCUT2D eigenvalue weighted by atomic mass is 9.98. The van der Waals surface area contributed by atoms with E-state index in [-0.39, 0.29) is 0 Å². The molecule has 1 aliphatic rings. The Hall–Kier alpha value is -0.900. The maximum atomic E-state index is 5.74. The maximum Gasteiger partial charge on any atom is 0.0826 e. The second kappa shape index (κ2) is 7.63. The molecule has 0 radical (unpaired) electrons. The first-order chi connectivity index (χ1) is 9.25. The summed E-state index contributed by atoms with van der Waals surface area (Å²) in [5.74, 6) is 0.619. The minimum Gasteiger partial charge on any atom is -0.374 e. The summed E-state index contributed by atoms with van der Waals surface area (Å²) in [6, 6.07) is 10.8. The average Bonchev–Trinajstić information content (AvgIpc) is 2.47. The van der Waals surface area contributed by atoms with Gasteiger partial charge in [-0.3, -0.25) is 0 Å². The molecular weight excluding hydrogens is 236 g/mol. The summed E-state index contributed by atoms with van der Waals surface area (Å²) in [4.78, 5) is 2.39. The van der Waals surface area contributed by atoms with Crippen molar-refractivity contribution in [3.05, 3.63) is 35.9 Å². The van der Waals surface area contributed by atoms with Gasteiger partial charge >= 0.3 is 0 Å². The van der Waals surface area contributed by atoms with Crippen LogP contribution in [0.4, 0.5) is 0 Å². The molecule has 1 fully saturated rings. The molecule has 1 heterocycles. The van der Waals surface area contributed by atoms with Gasteiger partial charge in [0.25, 0.3) is 0 Å². The second-order valence-corrected chi connectivity index (χ2v) is 5.56. The first-order valence-corrected chi connectivity index (χ1v) is 7.31. The summed E-state index contributed by atoms with van der Waals surface area (Å²) in [6.45, 7) is 7.27. The Kier molecular flexibility index (Phi) is 5.83. The minimum atomic E-state index is 0.353. The van der Waals surface area contributed by atoms with Gasteiger partial charge in [-0.2, -0.15) is 0 Å². The molecule has 0 bridgehead atoms. The molecule has 0 spiro atoms. The number of ether oxygens (including phenoxy) is 1. The van der Waals surface area contributed by atoms with Gasteiger partial charge in [-0.25, -0.2) is 0 Å². The van der Waals surface area contributed by atoms with Crippen LogP contribution < -0.4 is 5.32 Å². The van der Waals surface area contributed by atoms with Crippen molar-refractivity contribution in [2.75, 3.05) is 39.8 Å². The van der Waals surface area contributed by atoms with Crippen LogP contribution in [0.2, 0.25) is 0 Å². The molecule has 1 aromatic rings. The fourth-order valence-corrected chi connectivity index (χ4v) is 2.54. The quantitative estimate of drug-likeness (QED) is 0.849. The van der Waals surface area contributed by atoms with Gasteiger partial charge in [0, 0.05) is 19.6 Å². The Morgan fingerprint density at radius 1 is 1.37 bits per heavy atom. The summed E-state index contributed by atoms with van der Waals surface area (Å²) in [7, 11) is 2.19. The zero-order chi connectivity index (χ0) is 13.5. The molecule has 0 saturated carbocycles. The van der Waals surface area contributed by atoms with Crippen LogP contribution in [0.1, 0.15) is 24.8 Å². The fraction of sp³-hybridized carbons (Fsp3) is 0.625. The summed E-state index contributed by atoms with van der Waals surface area (Å²) >= 11 is 0. The number of morpholine rings is 1. The highest BCUT2D eigenvalue weighted by Crippen LogP contribution is 2.18. The minimum absolute atomic E-state index is 0.353. The zero-order valence-corrected chi connectivity index (χ0v) is 12.1. The number of hydrogen-bond acceptors (Lipinski definition) is 3. The van der Waals surface area contributed by atoms with Crippen molar-refractivity contribution in [3.63, 3.8) is 0 Å². The molecule has 0 aromatic heterocycles. The van der Waals surface area contributed by atoms with Crippen LogP contribution in [-0.2, 0) is 4.74 Å². The van der Waals surface area contributed by atoms with Gasteiger partial charge in [-0.05, 0) is 31.5 Å². The molecule has 2 atom stereocenters. The van der Waals surface area contributed by atoms with Gasteiger partial charge in [0.05, 0.1) is 12.7 Å². The van der Waals surface area contributed by atoms with E-state index in [9.17, 15) is 0 Å². The molecule has 1 aliphatic heterocycles. The Bertz CT molecular complexity index is 349. The van der Waals surface area contributed by atoms with Gasteiger partial charge in [-0.15, -0.1) is 0 Å². The van der Waals surface area contributed by atoms with Crippen LogP contribution in [0.5, 0.6) is 0 Å². The number of hydrogen-bond donors (Lipinski definition) is 1. The molecule has 1 N–H and O–H groups in total. The van der Waals surface area contributed by atoms with Crippen LogP contribution in [-0.4, -0.2) is 50.8 Å². The first kappa shape index (κ1) is 14.5. The highest BCUT2D eigenvalue weighted by molar-refractivity contribution is 5.18. The number of rotatable bonds is 6. The van der Waals surface area contributed by atoms with Gasteiger partial charge in [0.2, 0.25) is 0 Å². The first-order valence-electron chi connectivity index (χ1n) is 7.31. The summed E-state index contributed by atoms with van der Waals surface area (Å²) in [6.07, 6.45) is 1.55. The topological polar surface area (TPSA) is 24.5 Å². The predicted molar refractivity (Wildman–Crippen MR) is 79.6 cm³/mol. The van der Waals surface area contributed by atoms with Crippen molar-refractivity contribution in [1.29, 1.82) is 0 Å². The van der Waals surface area contributed by atoms with Crippen molar-refractivity contribution in [1.82, 2.24) is 10.2 Å². The molecule has 19 heavy (non-hydrogen) atoms. The van der Waals surface area contributed by atoms with E-state index < -0.39 is 0 Å². The lowest BCUT2D eigenvalue weighted by molar-refractivity contribution is 0.00975. The maximum absolute atomic E-state index is 5.74. The third-order valence-electron chi connectivity index (χ3n) is 3.83. The predicted octanol–water partition coefficient (Wildman–Crippen LogP) is 2.10. The van der Waals surface area contributed by atoms with Crippen LogP contribution in [0.25, 0.3) is 0 Å². The third kappa shape index (κ3) is 4.94. The van der Waals surface area contributed by atoms with Crippen molar-refractivity contribution < 1.29 is 4.74 Å². The summed E-state index contributed by atoms with van der Waals surface area (Å²) in [5, 5.41) is 3.38. The van der Waals surface area contributed by atoms with E-state index in [1.807, 2.05) is 0 Å². The molecule has 106 valence electrons. The van der Waals surface area contributed by atoms with Crippen molar-refractivity contribution in [2.45, 2.75) is 25.4 Å². The highest BCUT2D eigenvalue weighted by Gasteiger charge is 2.15. The number of benzene rings is 1. The molecule has 2 unspecified atom stereocenters. The summed E-state index contributed by atoms with van der Waals surface area (Å²) < 4.78 is 5.74. The lowest BCUT2D eigenvalue weighted by Gasteiger charge is -2.28. The largest absolute Gasteiger partial charge is 0.374 e. The average molecular weight is 262 g/mol. The summed E-state index contributed by atoms with van der Waals surface area (Å²) in [5.41, 5.74) is 1.44. The monoisotopic (exact) mass is 262 g/mol. The van der Waals surface area contributed by atoms with E-state index in [2.05, 4.69) is 54.5 Å². The van der Waals surface area contributed by atoms with E-state index in [1.54, 1.807) is 0 Å². The Balaban J connectivity index is 1.69. The Morgan fingerprint density at radius 2 is 2.16 bits per heavy atom. The molecule has 3 nitrogen and oxygen atoms in total.